The maximum atomic E-state index is 11.7. The third-order valence-corrected chi connectivity index (χ3v) is 4.73. The quantitative estimate of drug-likeness (QED) is 0.652. The summed E-state index contributed by atoms with van der Waals surface area (Å²) in [5.41, 5.74) is 5.82. The highest BCUT2D eigenvalue weighted by molar-refractivity contribution is 5.95. The minimum atomic E-state index is -0.916. The van der Waals surface area contributed by atoms with E-state index in [-0.39, 0.29) is 0 Å². The van der Waals surface area contributed by atoms with E-state index in [1.165, 1.54) is 0 Å². The molecule has 1 fully saturated rings. The van der Waals surface area contributed by atoms with Gasteiger partial charge >= 0.3 is 5.97 Å². The molecule has 4 heteroatoms. The molecule has 4 nitrogen and oxygen atoms in total. The first-order valence-corrected chi connectivity index (χ1v) is 8.78. The van der Waals surface area contributed by atoms with Crippen molar-refractivity contribution in [1.29, 1.82) is 0 Å². The number of aromatic nitrogens is 1. The molecule has 1 aliphatic carbocycles. The van der Waals surface area contributed by atoms with Crippen LogP contribution in [0.15, 0.2) is 60.8 Å². The molecule has 0 radical (unpaired) electrons. The van der Waals surface area contributed by atoms with Gasteiger partial charge in [0.25, 0.3) is 0 Å². The number of hydrogen-bond donors (Lipinski definition) is 2. The number of nitrogens with zero attached hydrogens (tertiary/aromatic N) is 1. The number of anilines is 2. The molecule has 1 aliphatic rings. The molecule has 0 aliphatic heterocycles. The number of carboxylic acid groups (broad SMARTS) is 1. The van der Waals surface area contributed by atoms with Gasteiger partial charge in [0.05, 0.1) is 28.8 Å². The summed E-state index contributed by atoms with van der Waals surface area (Å²) in [6.07, 6.45) is 4.04. The molecule has 0 bridgehead atoms. The molecule has 0 saturated heterocycles. The Balaban J connectivity index is 1.63. The lowest BCUT2D eigenvalue weighted by Crippen LogP contribution is -2.04. The Morgan fingerprint density at radius 3 is 2.54 bits per heavy atom. The molecule has 3 aromatic rings. The molecule has 4 rings (SSSR count). The summed E-state index contributed by atoms with van der Waals surface area (Å²) in [5.74, 6) is -0.392. The van der Waals surface area contributed by atoms with Gasteiger partial charge in [0, 0.05) is 5.56 Å². The summed E-state index contributed by atoms with van der Waals surface area (Å²) in [6, 6.07) is 17.7. The fourth-order valence-corrected chi connectivity index (χ4v) is 3.22. The van der Waals surface area contributed by atoms with Gasteiger partial charge in [-0.1, -0.05) is 36.4 Å². The summed E-state index contributed by atoms with van der Waals surface area (Å²) >= 11 is 0. The van der Waals surface area contributed by atoms with Crippen molar-refractivity contribution in [3.05, 3.63) is 77.5 Å². The largest absolute Gasteiger partial charge is 0.478 e. The van der Waals surface area contributed by atoms with Crippen molar-refractivity contribution < 1.29 is 9.90 Å². The molecule has 0 unspecified atom stereocenters. The van der Waals surface area contributed by atoms with E-state index in [1.54, 1.807) is 12.3 Å². The summed E-state index contributed by atoms with van der Waals surface area (Å²) in [6.45, 7) is 2.01. The van der Waals surface area contributed by atoms with Crippen LogP contribution in [-0.2, 0) is 0 Å². The van der Waals surface area contributed by atoms with E-state index in [1.807, 2.05) is 55.5 Å². The average Bonchev–Trinajstić information content (AvgIpc) is 3.48. The highest BCUT2D eigenvalue weighted by atomic mass is 16.4. The zero-order valence-corrected chi connectivity index (χ0v) is 14.6. The lowest BCUT2D eigenvalue weighted by molar-refractivity contribution is 0.0698. The zero-order valence-electron chi connectivity index (χ0n) is 14.6. The summed E-state index contributed by atoms with van der Waals surface area (Å²) in [5, 5.41) is 12.8. The van der Waals surface area contributed by atoms with E-state index in [9.17, 15) is 9.90 Å². The van der Waals surface area contributed by atoms with Gasteiger partial charge < -0.3 is 10.4 Å². The van der Waals surface area contributed by atoms with Crippen molar-refractivity contribution in [1.82, 2.24) is 4.98 Å². The number of pyridine rings is 1. The van der Waals surface area contributed by atoms with Crippen LogP contribution in [0.25, 0.3) is 11.3 Å². The second-order valence-electron chi connectivity index (χ2n) is 6.76. The van der Waals surface area contributed by atoms with Gasteiger partial charge in [0.1, 0.15) is 0 Å². The van der Waals surface area contributed by atoms with Gasteiger partial charge in [-0.15, -0.1) is 0 Å². The summed E-state index contributed by atoms with van der Waals surface area (Å²) in [7, 11) is 0. The van der Waals surface area contributed by atoms with Crippen LogP contribution < -0.4 is 5.32 Å². The number of rotatable bonds is 5. The summed E-state index contributed by atoms with van der Waals surface area (Å²) < 4.78 is 0. The Morgan fingerprint density at radius 2 is 1.88 bits per heavy atom. The van der Waals surface area contributed by atoms with E-state index < -0.39 is 5.97 Å². The smallest absolute Gasteiger partial charge is 0.337 e. The lowest BCUT2D eigenvalue weighted by Gasteiger charge is -2.13. The standard InChI is InChI=1S/C22H20N2O2/c1-14-11-18(13-23-21(14)16-5-3-2-4-6-16)24-20-10-9-17(15-7-8-15)12-19(20)22(25)26/h2-6,9-13,15,24H,7-8H2,1H3,(H,25,26). The van der Waals surface area contributed by atoms with E-state index in [4.69, 9.17) is 0 Å². The maximum absolute atomic E-state index is 11.7. The first kappa shape index (κ1) is 16.3. The number of aromatic carboxylic acids is 1. The molecule has 130 valence electrons. The third kappa shape index (κ3) is 3.31. The van der Waals surface area contributed by atoms with E-state index in [2.05, 4.69) is 10.3 Å². The fourth-order valence-electron chi connectivity index (χ4n) is 3.22. The Morgan fingerprint density at radius 1 is 1.12 bits per heavy atom. The predicted molar refractivity (Wildman–Crippen MR) is 103 cm³/mol. The molecule has 0 spiro atoms. The van der Waals surface area contributed by atoms with Crippen molar-refractivity contribution in [3.8, 4) is 11.3 Å². The molecule has 1 aromatic heterocycles. The normalized spacial score (nSPS) is 13.4. The topological polar surface area (TPSA) is 62.2 Å². The Hall–Kier alpha value is -3.14. The van der Waals surface area contributed by atoms with Gasteiger partial charge in [0.2, 0.25) is 0 Å². The highest BCUT2D eigenvalue weighted by Crippen LogP contribution is 2.41. The highest BCUT2D eigenvalue weighted by Gasteiger charge is 2.25. The molecular formula is C22H20N2O2. The van der Waals surface area contributed by atoms with Gasteiger partial charge in [-0.2, -0.15) is 0 Å². The summed E-state index contributed by atoms with van der Waals surface area (Å²) in [4.78, 5) is 16.2. The van der Waals surface area contributed by atoms with Crippen LogP contribution in [0.5, 0.6) is 0 Å². The van der Waals surface area contributed by atoms with Gasteiger partial charge in [0.15, 0.2) is 0 Å². The molecule has 2 N–H and O–H groups in total. The van der Waals surface area contributed by atoms with Crippen LogP contribution >= 0.6 is 0 Å². The minimum Gasteiger partial charge on any atom is -0.478 e. The second-order valence-corrected chi connectivity index (χ2v) is 6.76. The second kappa shape index (κ2) is 6.64. The van der Waals surface area contributed by atoms with Crippen LogP contribution in [0.1, 0.15) is 40.2 Å². The fraction of sp³-hybridized carbons (Fsp3) is 0.182. The number of nitrogens with one attached hydrogen (secondary N) is 1. The van der Waals surface area contributed by atoms with Gasteiger partial charge in [-0.3, -0.25) is 4.98 Å². The Labute approximate surface area is 152 Å². The molecule has 1 heterocycles. The van der Waals surface area contributed by atoms with Crippen molar-refractivity contribution >= 4 is 17.3 Å². The molecular weight excluding hydrogens is 324 g/mol. The number of aryl methyl sites for hydroxylation is 1. The lowest BCUT2D eigenvalue weighted by atomic mass is 10.0. The number of hydrogen-bond acceptors (Lipinski definition) is 3. The minimum absolute atomic E-state index is 0.305. The molecule has 0 amide bonds. The third-order valence-electron chi connectivity index (χ3n) is 4.73. The van der Waals surface area contributed by atoms with Crippen molar-refractivity contribution in [2.75, 3.05) is 5.32 Å². The first-order chi connectivity index (χ1) is 12.6. The molecule has 0 atom stereocenters. The van der Waals surface area contributed by atoms with Crippen LogP contribution in [0, 0.1) is 6.92 Å². The van der Waals surface area contributed by atoms with Crippen molar-refractivity contribution in [2.45, 2.75) is 25.7 Å². The van der Waals surface area contributed by atoms with Crippen LogP contribution in [-0.4, -0.2) is 16.1 Å². The SMILES string of the molecule is Cc1cc(Nc2ccc(C3CC3)cc2C(=O)O)cnc1-c1ccccc1. The zero-order chi connectivity index (χ0) is 18.1. The molecule has 2 aromatic carbocycles. The van der Waals surface area contributed by atoms with Crippen molar-refractivity contribution in [2.24, 2.45) is 0 Å². The maximum Gasteiger partial charge on any atom is 0.337 e. The Kier molecular flexibility index (Phi) is 4.17. The van der Waals surface area contributed by atoms with Crippen molar-refractivity contribution in [3.63, 3.8) is 0 Å². The monoisotopic (exact) mass is 344 g/mol. The number of carboxylic acids is 1. The predicted octanol–water partition coefficient (Wildman–Crippen LogP) is 5.38. The van der Waals surface area contributed by atoms with Crippen LogP contribution in [0.4, 0.5) is 11.4 Å². The molecule has 26 heavy (non-hydrogen) atoms. The van der Waals surface area contributed by atoms with E-state index >= 15 is 0 Å². The molecule has 1 saturated carbocycles. The first-order valence-electron chi connectivity index (χ1n) is 8.78. The van der Waals surface area contributed by atoms with Crippen LogP contribution in [0.3, 0.4) is 0 Å². The van der Waals surface area contributed by atoms with Gasteiger partial charge in [-0.05, 0) is 55.0 Å². The van der Waals surface area contributed by atoms with E-state index in [0.29, 0.717) is 17.2 Å². The van der Waals surface area contributed by atoms with Gasteiger partial charge in [-0.25, -0.2) is 4.79 Å². The number of benzene rings is 2. The number of carbonyl (C=O) groups is 1. The van der Waals surface area contributed by atoms with E-state index in [0.717, 1.165) is 40.9 Å². The Bertz CT molecular complexity index is 963. The average molecular weight is 344 g/mol. The van der Waals surface area contributed by atoms with Crippen LogP contribution in [0.2, 0.25) is 0 Å².